The predicted molar refractivity (Wildman–Crippen MR) is 121 cm³/mol. The number of sulfonamides is 1. The van der Waals surface area contributed by atoms with Crippen molar-refractivity contribution < 1.29 is 17.6 Å². The lowest BCUT2D eigenvalue weighted by Crippen LogP contribution is -2.43. The fourth-order valence-electron chi connectivity index (χ4n) is 3.93. The Balaban J connectivity index is 1.34. The minimum Gasteiger partial charge on any atom is -0.356 e. The summed E-state index contributed by atoms with van der Waals surface area (Å²) in [5.41, 5.74) is 2.19. The van der Waals surface area contributed by atoms with E-state index in [1.54, 1.807) is 12.1 Å². The second-order valence-corrected chi connectivity index (χ2v) is 10.2. The first-order chi connectivity index (χ1) is 14.9. The molecule has 0 aliphatic carbocycles. The molecule has 1 aliphatic heterocycles. The summed E-state index contributed by atoms with van der Waals surface area (Å²) in [4.78, 5) is 12.4. The van der Waals surface area contributed by atoms with Crippen molar-refractivity contribution in [1.29, 1.82) is 0 Å². The summed E-state index contributed by atoms with van der Waals surface area (Å²) in [5.74, 6) is -0.245. The smallest absolute Gasteiger partial charge is 0.223 e. The molecule has 1 aliphatic rings. The molecule has 1 saturated heterocycles. The summed E-state index contributed by atoms with van der Waals surface area (Å²) in [6, 6.07) is 16.3. The summed E-state index contributed by atoms with van der Waals surface area (Å²) in [6.45, 7) is 1.37. The molecule has 0 saturated carbocycles. The summed E-state index contributed by atoms with van der Waals surface area (Å²) >= 11 is 0. The minimum atomic E-state index is -3.28. The van der Waals surface area contributed by atoms with Crippen LogP contribution in [0.1, 0.15) is 36.8 Å². The van der Waals surface area contributed by atoms with Crippen LogP contribution in [0.15, 0.2) is 54.6 Å². The van der Waals surface area contributed by atoms with Crippen molar-refractivity contribution in [3.63, 3.8) is 0 Å². The Morgan fingerprint density at radius 1 is 0.935 bits per heavy atom. The number of halogens is 1. The lowest BCUT2D eigenvalue weighted by Gasteiger charge is -2.30. The third-order valence-corrected chi connectivity index (χ3v) is 7.74. The van der Waals surface area contributed by atoms with Gasteiger partial charge >= 0.3 is 0 Å². The maximum atomic E-state index is 12.9. The lowest BCUT2D eigenvalue weighted by molar-refractivity contribution is -0.126. The second kappa shape index (κ2) is 11.4. The number of carbonyl (C=O) groups is 1. The molecule has 1 heterocycles. The molecular weight excluding hydrogens is 415 g/mol. The van der Waals surface area contributed by atoms with Crippen LogP contribution in [0.2, 0.25) is 0 Å². The van der Waals surface area contributed by atoms with Crippen LogP contribution >= 0.6 is 0 Å². The molecule has 1 N–H and O–H groups in total. The number of hydrogen-bond donors (Lipinski definition) is 1. The zero-order valence-corrected chi connectivity index (χ0v) is 18.6. The molecule has 3 rings (SSSR count). The third-order valence-electron chi connectivity index (χ3n) is 5.78. The van der Waals surface area contributed by atoms with Crippen LogP contribution in [0.25, 0.3) is 0 Å². The zero-order valence-electron chi connectivity index (χ0n) is 17.8. The number of aryl methyl sites for hydroxylation is 2. The van der Waals surface area contributed by atoms with Gasteiger partial charge in [0.05, 0.1) is 5.75 Å². The molecule has 0 bridgehead atoms. The van der Waals surface area contributed by atoms with E-state index in [0.717, 1.165) is 30.4 Å². The summed E-state index contributed by atoms with van der Waals surface area (Å²) in [5, 5.41) is 2.96. The highest BCUT2D eigenvalue weighted by atomic mass is 32.2. The minimum absolute atomic E-state index is 0.000215. The number of amides is 1. The Hall–Kier alpha value is -2.25. The van der Waals surface area contributed by atoms with Crippen LogP contribution in [0.3, 0.4) is 0 Å². The van der Waals surface area contributed by atoms with E-state index in [9.17, 15) is 17.6 Å². The van der Waals surface area contributed by atoms with Crippen molar-refractivity contribution in [2.45, 2.75) is 38.5 Å². The van der Waals surface area contributed by atoms with Gasteiger partial charge in [-0.05, 0) is 61.8 Å². The Bertz CT molecular complexity index is 925. The molecule has 0 radical (unpaired) electrons. The molecule has 7 heteroatoms. The fraction of sp³-hybridized carbons (Fsp3) is 0.458. The van der Waals surface area contributed by atoms with Gasteiger partial charge in [-0.3, -0.25) is 4.79 Å². The first-order valence-electron chi connectivity index (χ1n) is 11.0. The third kappa shape index (κ3) is 7.43. The molecule has 0 atom stereocenters. The van der Waals surface area contributed by atoms with Crippen LogP contribution < -0.4 is 5.32 Å². The standard InChI is InChI=1S/C24H31FN2O3S/c25-23-12-10-21(11-13-23)8-4-16-26-24(28)22-14-17-27(18-15-22)31(29,30)19-5-9-20-6-2-1-3-7-20/h1-3,6-7,10-13,22H,4-5,8-9,14-19H2,(H,26,28). The molecular formula is C24H31FN2O3S. The van der Waals surface area contributed by atoms with Gasteiger partial charge in [0.25, 0.3) is 0 Å². The molecule has 0 aromatic heterocycles. The van der Waals surface area contributed by atoms with Crippen molar-refractivity contribution >= 4 is 15.9 Å². The molecule has 168 valence electrons. The lowest BCUT2D eigenvalue weighted by atomic mass is 9.97. The Morgan fingerprint density at radius 3 is 2.23 bits per heavy atom. The number of nitrogens with one attached hydrogen (secondary N) is 1. The van der Waals surface area contributed by atoms with E-state index in [1.165, 1.54) is 16.4 Å². The van der Waals surface area contributed by atoms with Crippen molar-refractivity contribution in [3.05, 3.63) is 71.5 Å². The molecule has 5 nitrogen and oxygen atoms in total. The van der Waals surface area contributed by atoms with Crippen molar-refractivity contribution in [1.82, 2.24) is 9.62 Å². The van der Waals surface area contributed by atoms with Crippen molar-refractivity contribution in [2.75, 3.05) is 25.4 Å². The number of carbonyl (C=O) groups excluding carboxylic acids is 1. The SMILES string of the molecule is O=C(NCCCc1ccc(F)cc1)C1CCN(S(=O)(=O)CCCc2ccccc2)CC1. The van der Waals surface area contributed by atoms with Gasteiger partial charge in [-0.2, -0.15) is 0 Å². The number of nitrogens with zero attached hydrogens (tertiary/aromatic N) is 1. The summed E-state index contributed by atoms with van der Waals surface area (Å²) < 4.78 is 39.7. The second-order valence-electron chi connectivity index (χ2n) is 8.10. The van der Waals surface area contributed by atoms with Crippen molar-refractivity contribution in [3.8, 4) is 0 Å². The molecule has 2 aromatic rings. The van der Waals surface area contributed by atoms with Crippen LogP contribution in [-0.2, 0) is 27.7 Å². The van der Waals surface area contributed by atoms with Gasteiger partial charge in [0.15, 0.2) is 0 Å². The topological polar surface area (TPSA) is 66.5 Å². The number of rotatable bonds is 10. The maximum absolute atomic E-state index is 12.9. The van der Waals surface area contributed by atoms with Gasteiger partial charge in [-0.1, -0.05) is 42.5 Å². The van der Waals surface area contributed by atoms with Gasteiger partial charge in [0.2, 0.25) is 15.9 Å². The van der Waals surface area contributed by atoms with Crippen LogP contribution in [0.5, 0.6) is 0 Å². The van der Waals surface area contributed by atoms with E-state index in [-0.39, 0.29) is 23.4 Å². The quantitative estimate of drug-likeness (QED) is 0.568. The highest BCUT2D eigenvalue weighted by molar-refractivity contribution is 7.89. The number of hydrogen-bond acceptors (Lipinski definition) is 3. The summed E-state index contributed by atoms with van der Waals surface area (Å²) in [7, 11) is -3.28. The maximum Gasteiger partial charge on any atom is 0.223 e. The Labute approximate surface area is 184 Å². The first-order valence-corrected chi connectivity index (χ1v) is 12.6. The molecule has 0 unspecified atom stereocenters. The molecule has 1 fully saturated rings. The summed E-state index contributed by atoms with van der Waals surface area (Å²) in [6.07, 6.45) is 4.02. The fourth-order valence-corrected chi connectivity index (χ4v) is 5.46. The van der Waals surface area contributed by atoms with E-state index in [1.807, 2.05) is 30.3 Å². The molecule has 1 amide bonds. The molecule has 2 aromatic carbocycles. The van der Waals surface area contributed by atoms with Crippen LogP contribution in [0, 0.1) is 11.7 Å². The predicted octanol–water partition coefficient (Wildman–Crippen LogP) is 3.55. The first kappa shape index (κ1) is 23.4. The average molecular weight is 447 g/mol. The van der Waals surface area contributed by atoms with E-state index >= 15 is 0 Å². The van der Waals surface area contributed by atoms with E-state index < -0.39 is 10.0 Å². The van der Waals surface area contributed by atoms with E-state index in [0.29, 0.717) is 38.9 Å². The van der Waals surface area contributed by atoms with Gasteiger partial charge in [-0.15, -0.1) is 0 Å². The number of benzene rings is 2. The Morgan fingerprint density at radius 2 is 1.55 bits per heavy atom. The normalized spacial score (nSPS) is 15.6. The average Bonchev–Trinajstić information content (AvgIpc) is 2.78. The largest absolute Gasteiger partial charge is 0.356 e. The zero-order chi connectivity index (χ0) is 22.1. The highest BCUT2D eigenvalue weighted by Gasteiger charge is 2.30. The number of piperidine rings is 1. The monoisotopic (exact) mass is 446 g/mol. The Kier molecular flexibility index (Phi) is 8.60. The molecule has 31 heavy (non-hydrogen) atoms. The van der Waals surface area contributed by atoms with Crippen LogP contribution in [-0.4, -0.2) is 44.0 Å². The highest BCUT2D eigenvalue weighted by Crippen LogP contribution is 2.21. The van der Waals surface area contributed by atoms with Gasteiger partial charge in [0, 0.05) is 25.6 Å². The van der Waals surface area contributed by atoms with E-state index in [2.05, 4.69) is 5.32 Å². The van der Waals surface area contributed by atoms with E-state index in [4.69, 9.17) is 0 Å². The molecule has 0 spiro atoms. The van der Waals surface area contributed by atoms with Gasteiger partial charge in [-0.25, -0.2) is 17.1 Å². The van der Waals surface area contributed by atoms with Crippen molar-refractivity contribution in [2.24, 2.45) is 5.92 Å². The van der Waals surface area contributed by atoms with Gasteiger partial charge < -0.3 is 5.32 Å². The van der Waals surface area contributed by atoms with Crippen LogP contribution in [0.4, 0.5) is 4.39 Å². The van der Waals surface area contributed by atoms with Gasteiger partial charge in [0.1, 0.15) is 5.82 Å².